The number of non-ortho nitro benzene ring substituents is 1. The molecule has 0 spiro atoms. The topological polar surface area (TPSA) is 65.3 Å². The van der Waals surface area contributed by atoms with Gasteiger partial charge in [-0.25, -0.2) is 4.98 Å². The van der Waals surface area contributed by atoms with E-state index < -0.39 is 4.92 Å². The fourth-order valence-corrected chi connectivity index (χ4v) is 3.53. The molecule has 5 nitrogen and oxygen atoms in total. The van der Waals surface area contributed by atoms with Crippen LogP contribution in [-0.2, 0) is 0 Å². The van der Waals surface area contributed by atoms with Gasteiger partial charge in [0.15, 0.2) is 0 Å². The Morgan fingerprint density at radius 2 is 2.09 bits per heavy atom. The van der Waals surface area contributed by atoms with Crippen molar-refractivity contribution in [3.05, 3.63) is 61.6 Å². The number of nitro benzene ring substituents is 1. The van der Waals surface area contributed by atoms with E-state index >= 15 is 0 Å². The van der Waals surface area contributed by atoms with Gasteiger partial charge in [0.25, 0.3) is 5.69 Å². The molecule has 0 aliphatic carbocycles. The third kappa shape index (κ3) is 3.40. The van der Waals surface area contributed by atoms with Gasteiger partial charge < -0.3 is 4.74 Å². The van der Waals surface area contributed by atoms with Crippen molar-refractivity contribution >= 4 is 55.3 Å². The number of benzene rings is 2. The first-order chi connectivity index (χ1) is 11.1. The summed E-state index contributed by atoms with van der Waals surface area (Å²) in [5.74, 6) is 0.773. The monoisotopic (exact) mass is 390 g/mol. The molecule has 3 rings (SSSR count). The van der Waals surface area contributed by atoms with Crippen LogP contribution in [0.4, 0.5) is 5.69 Å². The number of fused-ring (bicyclic) bond motifs is 1. The van der Waals surface area contributed by atoms with Gasteiger partial charge in [-0.15, -0.1) is 11.3 Å². The summed E-state index contributed by atoms with van der Waals surface area (Å²) >= 11 is 4.87. The molecule has 0 amide bonds. The van der Waals surface area contributed by atoms with E-state index in [2.05, 4.69) is 20.9 Å². The molecule has 1 aromatic heterocycles. The van der Waals surface area contributed by atoms with Crippen LogP contribution in [0.2, 0.25) is 0 Å². The van der Waals surface area contributed by atoms with Crippen molar-refractivity contribution in [3.8, 4) is 5.75 Å². The summed E-state index contributed by atoms with van der Waals surface area (Å²) < 4.78 is 6.87. The maximum absolute atomic E-state index is 10.8. The van der Waals surface area contributed by atoms with Gasteiger partial charge in [-0.05, 0) is 45.8 Å². The lowest BCUT2D eigenvalue weighted by atomic mass is 10.2. The Kier molecular flexibility index (Phi) is 4.40. The predicted octanol–water partition coefficient (Wildman–Crippen LogP) is 5.15. The molecular weight excluding hydrogens is 380 g/mol. The van der Waals surface area contributed by atoms with E-state index in [1.165, 1.54) is 17.4 Å². The Morgan fingerprint density at radius 1 is 1.26 bits per heavy atom. The van der Waals surface area contributed by atoms with Gasteiger partial charge in [0.2, 0.25) is 0 Å². The molecule has 0 bridgehead atoms. The molecule has 0 radical (unpaired) electrons. The Morgan fingerprint density at radius 3 is 2.78 bits per heavy atom. The van der Waals surface area contributed by atoms with Gasteiger partial charge in [-0.3, -0.25) is 10.1 Å². The number of nitro groups is 1. The van der Waals surface area contributed by atoms with Crippen molar-refractivity contribution in [2.45, 2.75) is 0 Å². The van der Waals surface area contributed by atoms with Crippen LogP contribution in [0.3, 0.4) is 0 Å². The molecule has 116 valence electrons. The highest BCUT2D eigenvalue weighted by atomic mass is 79.9. The number of thiazole rings is 1. The van der Waals surface area contributed by atoms with Crippen LogP contribution in [-0.4, -0.2) is 17.0 Å². The first-order valence-corrected chi connectivity index (χ1v) is 8.24. The zero-order chi connectivity index (χ0) is 16.4. The van der Waals surface area contributed by atoms with Gasteiger partial charge in [0.05, 0.1) is 26.7 Å². The summed E-state index contributed by atoms with van der Waals surface area (Å²) in [4.78, 5) is 14.9. The Labute approximate surface area is 144 Å². The number of methoxy groups -OCH3 is 1. The number of aromatic nitrogens is 1. The van der Waals surface area contributed by atoms with Crippen molar-refractivity contribution in [3.63, 3.8) is 0 Å². The number of rotatable bonds is 4. The minimum absolute atomic E-state index is 0.0794. The van der Waals surface area contributed by atoms with E-state index in [0.717, 1.165) is 31.0 Å². The molecular formula is C16H11BrN2O3S. The lowest BCUT2D eigenvalue weighted by Gasteiger charge is -2.03. The number of hydrogen-bond donors (Lipinski definition) is 0. The van der Waals surface area contributed by atoms with E-state index in [-0.39, 0.29) is 5.69 Å². The van der Waals surface area contributed by atoms with Crippen LogP contribution in [0.5, 0.6) is 5.75 Å². The summed E-state index contributed by atoms with van der Waals surface area (Å²) in [5.41, 5.74) is 1.84. The Hall–Kier alpha value is -2.25. The molecule has 0 saturated heterocycles. The second-order valence-electron chi connectivity index (χ2n) is 4.69. The normalized spacial score (nSPS) is 11.2. The maximum atomic E-state index is 10.8. The molecule has 0 fully saturated rings. The summed E-state index contributed by atoms with van der Waals surface area (Å²) in [5, 5.41) is 11.6. The smallest absolute Gasteiger partial charge is 0.270 e. The Bertz CT molecular complexity index is 921. The fourth-order valence-electron chi connectivity index (χ4n) is 2.07. The molecule has 0 atom stereocenters. The van der Waals surface area contributed by atoms with Crippen molar-refractivity contribution < 1.29 is 9.66 Å². The molecule has 0 unspecified atom stereocenters. The SMILES string of the molecule is COc1ccc(C=Cc2nc3ccc([N+](=O)[O-])cc3s2)cc1Br. The maximum Gasteiger partial charge on any atom is 0.270 e. The van der Waals surface area contributed by atoms with E-state index in [1.54, 1.807) is 19.2 Å². The zero-order valence-corrected chi connectivity index (χ0v) is 14.4. The molecule has 0 N–H and O–H groups in total. The number of nitrogens with zero attached hydrogens (tertiary/aromatic N) is 2. The highest BCUT2D eigenvalue weighted by Gasteiger charge is 2.09. The lowest BCUT2D eigenvalue weighted by molar-refractivity contribution is -0.384. The third-order valence-electron chi connectivity index (χ3n) is 3.19. The molecule has 1 heterocycles. The van der Waals surface area contributed by atoms with Crippen LogP contribution >= 0.6 is 27.3 Å². The van der Waals surface area contributed by atoms with Gasteiger partial charge in [-0.2, -0.15) is 0 Å². The largest absolute Gasteiger partial charge is 0.496 e. The minimum atomic E-state index is -0.399. The predicted molar refractivity (Wildman–Crippen MR) is 95.9 cm³/mol. The number of hydrogen-bond acceptors (Lipinski definition) is 5. The van der Waals surface area contributed by atoms with E-state index in [0.29, 0.717) is 0 Å². The second-order valence-corrected chi connectivity index (χ2v) is 6.61. The first kappa shape index (κ1) is 15.6. The fraction of sp³-hybridized carbons (Fsp3) is 0.0625. The lowest BCUT2D eigenvalue weighted by Crippen LogP contribution is -1.85. The van der Waals surface area contributed by atoms with Crippen molar-refractivity contribution in [1.29, 1.82) is 0 Å². The van der Waals surface area contributed by atoms with Gasteiger partial charge in [0, 0.05) is 12.1 Å². The zero-order valence-electron chi connectivity index (χ0n) is 12.0. The van der Waals surface area contributed by atoms with Crippen molar-refractivity contribution in [2.75, 3.05) is 7.11 Å². The molecule has 2 aromatic carbocycles. The van der Waals surface area contributed by atoms with Crippen molar-refractivity contribution in [1.82, 2.24) is 4.98 Å². The van der Waals surface area contributed by atoms with Crippen LogP contribution in [0.1, 0.15) is 10.6 Å². The molecule has 23 heavy (non-hydrogen) atoms. The van der Waals surface area contributed by atoms with Crippen LogP contribution < -0.4 is 4.74 Å². The second kappa shape index (κ2) is 6.47. The van der Waals surface area contributed by atoms with Gasteiger partial charge >= 0.3 is 0 Å². The molecule has 0 saturated carbocycles. The first-order valence-electron chi connectivity index (χ1n) is 6.63. The van der Waals surface area contributed by atoms with Crippen LogP contribution in [0, 0.1) is 10.1 Å². The summed E-state index contributed by atoms with van der Waals surface area (Å²) in [6, 6.07) is 10.5. The summed E-state index contributed by atoms with van der Waals surface area (Å²) in [6.07, 6.45) is 3.83. The highest BCUT2D eigenvalue weighted by Crippen LogP contribution is 2.29. The number of ether oxygens (including phenoxy) is 1. The average molecular weight is 391 g/mol. The molecule has 3 aromatic rings. The van der Waals surface area contributed by atoms with E-state index in [9.17, 15) is 10.1 Å². The molecule has 7 heteroatoms. The third-order valence-corrected chi connectivity index (χ3v) is 4.80. The summed E-state index contributed by atoms with van der Waals surface area (Å²) in [6.45, 7) is 0. The van der Waals surface area contributed by atoms with Gasteiger partial charge in [0.1, 0.15) is 10.8 Å². The molecule has 0 aliphatic rings. The quantitative estimate of drug-likeness (QED) is 0.456. The van der Waals surface area contributed by atoms with Gasteiger partial charge in [-0.1, -0.05) is 12.1 Å². The van der Waals surface area contributed by atoms with Crippen LogP contribution in [0.15, 0.2) is 40.9 Å². The van der Waals surface area contributed by atoms with Crippen LogP contribution in [0.25, 0.3) is 22.4 Å². The Balaban J connectivity index is 1.88. The minimum Gasteiger partial charge on any atom is -0.496 e. The highest BCUT2D eigenvalue weighted by molar-refractivity contribution is 9.10. The van der Waals surface area contributed by atoms with Crippen molar-refractivity contribution in [2.24, 2.45) is 0 Å². The summed E-state index contributed by atoms with van der Waals surface area (Å²) in [7, 11) is 1.62. The molecule has 0 aliphatic heterocycles. The standard InChI is InChI=1S/C16H11BrN2O3S/c1-22-14-6-2-10(8-12(14)17)3-7-16-18-13-5-4-11(19(20)21)9-15(13)23-16/h2-9H,1H3. The average Bonchev–Trinajstić information content (AvgIpc) is 2.95. The van der Waals surface area contributed by atoms with E-state index in [4.69, 9.17) is 4.74 Å². The van der Waals surface area contributed by atoms with E-state index in [1.807, 2.05) is 30.4 Å². The number of halogens is 1.